The zero-order chi connectivity index (χ0) is 27.0. The Balaban J connectivity index is 1.24. The summed E-state index contributed by atoms with van der Waals surface area (Å²) < 4.78 is 15.2. The van der Waals surface area contributed by atoms with Gasteiger partial charge in [-0.15, -0.1) is 0 Å². The molecular weight excluding hydrogens is 500 g/mol. The van der Waals surface area contributed by atoms with Crippen molar-refractivity contribution in [1.29, 1.82) is 0 Å². The Morgan fingerprint density at radius 3 is 2.77 bits per heavy atom. The topological polar surface area (TPSA) is 63.7 Å². The fourth-order valence-corrected chi connectivity index (χ4v) is 9.24. The summed E-state index contributed by atoms with van der Waals surface area (Å²) in [5.41, 5.74) is 6.12. The summed E-state index contributed by atoms with van der Waals surface area (Å²) in [6.45, 7) is 3.72. The van der Waals surface area contributed by atoms with Crippen LogP contribution in [-0.4, -0.2) is 51.7 Å². The molecule has 3 aromatic carbocycles. The van der Waals surface area contributed by atoms with Gasteiger partial charge in [0.15, 0.2) is 23.4 Å². The monoisotopic (exact) mass is 532 g/mol. The van der Waals surface area contributed by atoms with Gasteiger partial charge in [0.25, 0.3) is 0 Å². The van der Waals surface area contributed by atoms with Crippen LogP contribution < -0.4 is 9.47 Å². The SMILES string of the molecule is COc1ccc(C)c2c1O[C@H]1c3c(c4cccc5c4n3CCC5=O)C[C@@]3(O)[C@H]4C(C[C@]213)N4CCc1ccccc1. The van der Waals surface area contributed by atoms with Gasteiger partial charge in [0.1, 0.15) is 0 Å². The molecule has 1 N–H and O–H groups in total. The van der Waals surface area contributed by atoms with Gasteiger partial charge < -0.3 is 19.1 Å². The summed E-state index contributed by atoms with van der Waals surface area (Å²) in [4.78, 5) is 15.5. The first-order valence-corrected chi connectivity index (χ1v) is 14.5. The van der Waals surface area contributed by atoms with Crippen molar-refractivity contribution in [3.63, 3.8) is 0 Å². The number of benzene rings is 3. The molecule has 1 saturated carbocycles. The molecule has 5 aliphatic rings. The molecule has 40 heavy (non-hydrogen) atoms. The van der Waals surface area contributed by atoms with Crippen molar-refractivity contribution in [2.24, 2.45) is 0 Å². The summed E-state index contributed by atoms with van der Waals surface area (Å²) in [5.74, 6) is 1.70. The highest BCUT2D eigenvalue weighted by Crippen LogP contribution is 2.73. The number of hydrogen-bond acceptors (Lipinski definition) is 5. The number of para-hydroxylation sites is 1. The molecule has 2 aliphatic carbocycles. The first-order chi connectivity index (χ1) is 19.5. The van der Waals surface area contributed by atoms with Crippen LogP contribution in [0.2, 0.25) is 0 Å². The molecule has 1 spiro atoms. The van der Waals surface area contributed by atoms with Gasteiger partial charge in [-0.05, 0) is 48.6 Å². The van der Waals surface area contributed by atoms with Crippen LogP contribution >= 0.6 is 0 Å². The number of likely N-dealkylation sites (tertiary alicyclic amines) is 1. The highest BCUT2D eigenvalue weighted by atomic mass is 16.5. The first-order valence-electron chi connectivity index (χ1n) is 14.5. The number of aromatic nitrogens is 1. The van der Waals surface area contributed by atoms with Crippen LogP contribution in [0.3, 0.4) is 0 Å². The summed E-state index contributed by atoms with van der Waals surface area (Å²) in [6, 6.07) is 21.2. The van der Waals surface area contributed by atoms with E-state index in [1.807, 2.05) is 18.2 Å². The predicted octanol–water partition coefficient (Wildman–Crippen LogP) is 4.90. The van der Waals surface area contributed by atoms with E-state index in [0.29, 0.717) is 25.4 Å². The molecule has 3 aliphatic heterocycles. The second kappa shape index (κ2) is 7.56. The van der Waals surface area contributed by atoms with Crippen LogP contribution in [0.25, 0.3) is 10.9 Å². The molecule has 202 valence electrons. The van der Waals surface area contributed by atoms with Gasteiger partial charge in [0, 0.05) is 48.5 Å². The molecule has 4 heterocycles. The second-order valence-corrected chi connectivity index (χ2v) is 12.4. The van der Waals surface area contributed by atoms with E-state index in [-0.39, 0.29) is 17.9 Å². The molecule has 0 bridgehead atoms. The van der Waals surface area contributed by atoms with Crippen molar-refractivity contribution < 1.29 is 19.4 Å². The van der Waals surface area contributed by atoms with Gasteiger partial charge in [0.05, 0.1) is 35.4 Å². The van der Waals surface area contributed by atoms with E-state index in [0.717, 1.165) is 69.7 Å². The predicted molar refractivity (Wildman–Crippen MR) is 151 cm³/mol. The zero-order valence-electron chi connectivity index (χ0n) is 22.8. The number of aliphatic hydroxyl groups is 1. The summed E-state index contributed by atoms with van der Waals surface area (Å²) in [7, 11) is 1.69. The number of methoxy groups -OCH3 is 1. The minimum absolute atomic E-state index is 0.0698. The Morgan fingerprint density at radius 2 is 1.95 bits per heavy atom. The molecule has 1 saturated heterocycles. The van der Waals surface area contributed by atoms with Gasteiger partial charge >= 0.3 is 0 Å². The molecule has 2 fully saturated rings. The number of Topliss-reactive ketones (excluding diaryl/α,β-unsaturated/α-hetero) is 1. The molecule has 6 nitrogen and oxygen atoms in total. The first kappa shape index (κ1) is 23.1. The lowest BCUT2D eigenvalue weighted by atomic mass is 9.58. The Hall–Kier alpha value is -3.61. The quantitative estimate of drug-likeness (QED) is 0.379. The lowest BCUT2D eigenvalue weighted by Crippen LogP contribution is -2.60. The van der Waals surface area contributed by atoms with E-state index < -0.39 is 11.0 Å². The van der Waals surface area contributed by atoms with Crippen LogP contribution in [0.5, 0.6) is 11.5 Å². The van der Waals surface area contributed by atoms with Gasteiger partial charge in [-0.3, -0.25) is 9.69 Å². The normalized spacial score (nSPS) is 32.1. The van der Waals surface area contributed by atoms with E-state index in [4.69, 9.17) is 9.47 Å². The molecule has 4 aromatic rings. The van der Waals surface area contributed by atoms with Crippen molar-refractivity contribution in [2.75, 3.05) is 13.7 Å². The number of rotatable bonds is 4. The van der Waals surface area contributed by atoms with Crippen molar-refractivity contribution >= 4 is 16.7 Å². The standard InChI is InChI=1S/C34H32N2O4/c1-19-11-12-26(39-2)30-27(19)33-18-24-31(35(24)15-13-20-7-4-3-5-8-20)34(33,38)17-23-21-9-6-10-22-25(37)14-16-36(28(21)22)29(23)32(33)40-30/h3-12,24,31-32,38H,13-18H2,1-2H3/t24?,31-,32+,33+,34-,35?/m1/s1. The molecule has 0 radical (unpaired) electrons. The highest BCUT2D eigenvalue weighted by Gasteiger charge is 2.81. The van der Waals surface area contributed by atoms with Gasteiger partial charge in [-0.2, -0.15) is 0 Å². The number of fused-ring (bicyclic) bond motifs is 7. The van der Waals surface area contributed by atoms with Crippen molar-refractivity contribution in [3.8, 4) is 11.5 Å². The number of aryl methyl sites for hydroxylation is 2. The highest BCUT2D eigenvalue weighted by molar-refractivity contribution is 6.09. The molecule has 6 heteroatoms. The molecule has 6 atom stereocenters. The number of ketones is 1. The molecular formula is C34H32N2O4. The van der Waals surface area contributed by atoms with Crippen LogP contribution in [-0.2, 0) is 24.8 Å². The van der Waals surface area contributed by atoms with E-state index >= 15 is 0 Å². The average Bonchev–Trinajstić information content (AvgIpc) is 3.24. The Bertz CT molecular complexity index is 1760. The minimum Gasteiger partial charge on any atom is -0.493 e. The van der Waals surface area contributed by atoms with Crippen LogP contribution in [0, 0.1) is 6.92 Å². The summed E-state index contributed by atoms with van der Waals surface area (Å²) in [6.07, 6.45) is 2.54. The number of nitrogens with zero attached hydrogens (tertiary/aromatic N) is 2. The van der Waals surface area contributed by atoms with Gasteiger partial charge in [0.2, 0.25) is 0 Å². The van der Waals surface area contributed by atoms with Crippen LogP contribution in [0.4, 0.5) is 0 Å². The smallest absolute Gasteiger partial charge is 0.166 e. The van der Waals surface area contributed by atoms with E-state index in [2.05, 4.69) is 58.9 Å². The third-order valence-corrected chi connectivity index (χ3v) is 10.8. The molecule has 2 unspecified atom stereocenters. The molecule has 0 amide bonds. The van der Waals surface area contributed by atoms with Gasteiger partial charge in [-0.25, -0.2) is 0 Å². The molecule has 1 aromatic heterocycles. The van der Waals surface area contributed by atoms with Crippen molar-refractivity contribution in [3.05, 3.63) is 94.2 Å². The lowest BCUT2D eigenvalue weighted by molar-refractivity contribution is -0.0868. The third-order valence-electron chi connectivity index (χ3n) is 10.8. The van der Waals surface area contributed by atoms with Gasteiger partial charge in [-0.1, -0.05) is 48.5 Å². The van der Waals surface area contributed by atoms with Crippen LogP contribution in [0.1, 0.15) is 57.3 Å². The Kier molecular flexibility index (Phi) is 4.37. The number of ether oxygens (including phenoxy) is 2. The maximum absolute atomic E-state index is 13.2. The number of hydrogen-bond donors (Lipinski definition) is 1. The fourth-order valence-electron chi connectivity index (χ4n) is 9.24. The second-order valence-electron chi connectivity index (χ2n) is 12.4. The average molecular weight is 533 g/mol. The van der Waals surface area contributed by atoms with E-state index in [1.165, 1.54) is 5.56 Å². The minimum atomic E-state index is -0.998. The van der Waals surface area contributed by atoms with E-state index in [1.54, 1.807) is 7.11 Å². The third kappa shape index (κ3) is 2.56. The largest absolute Gasteiger partial charge is 0.493 e. The molecule has 9 rings (SSSR count). The maximum atomic E-state index is 13.2. The number of carbonyl (C=O) groups is 1. The van der Waals surface area contributed by atoms with Crippen molar-refractivity contribution in [1.82, 2.24) is 9.47 Å². The Labute approximate surface area is 233 Å². The summed E-state index contributed by atoms with van der Waals surface area (Å²) >= 11 is 0. The van der Waals surface area contributed by atoms with Crippen LogP contribution in [0.15, 0.2) is 60.7 Å². The summed E-state index contributed by atoms with van der Waals surface area (Å²) in [5, 5.41) is 14.3. The zero-order valence-corrected chi connectivity index (χ0v) is 22.8. The number of carbonyl (C=O) groups excluding carboxylic acids is 1. The van der Waals surface area contributed by atoms with Crippen molar-refractivity contribution in [2.45, 2.75) is 68.4 Å². The maximum Gasteiger partial charge on any atom is 0.166 e. The number of piperidine rings is 1. The lowest BCUT2D eigenvalue weighted by Gasteiger charge is -2.49. The fraction of sp³-hybridized carbons (Fsp3) is 0.382. The van der Waals surface area contributed by atoms with E-state index in [9.17, 15) is 9.90 Å². The Morgan fingerprint density at radius 1 is 1.10 bits per heavy atom.